The van der Waals surface area contributed by atoms with Gasteiger partial charge in [-0.05, 0) is 33.6 Å². The summed E-state index contributed by atoms with van der Waals surface area (Å²) in [5, 5.41) is 0. The zero-order chi connectivity index (χ0) is 31.1. The number of carbonyl (C=O) groups is 1. The number of carbonyl (C=O) groups excluding carboxylic acids is 1. The number of ether oxygens (including phenoxy) is 1. The number of halogens is 17. The first kappa shape index (κ1) is 39.8. The summed E-state index contributed by atoms with van der Waals surface area (Å²) >= 11 is 0. The van der Waals surface area contributed by atoms with Crippen molar-refractivity contribution in [3.8, 4) is 0 Å². The number of hydrogen-bond donors (Lipinski definition) is 0. The van der Waals surface area contributed by atoms with E-state index in [1.165, 1.54) is 0 Å². The Morgan fingerprint density at radius 3 is 1.24 bits per heavy atom. The second-order valence-electron chi connectivity index (χ2n) is 7.69. The van der Waals surface area contributed by atoms with Gasteiger partial charge in [-0.25, -0.2) is 13.2 Å². The lowest BCUT2D eigenvalue weighted by molar-refractivity contribution is -0.417. The average molecular weight is 594 g/mol. The number of rotatable bonds is 10. The first-order chi connectivity index (χ1) is 15.9. The molecule has 0 N–H and O–H groups in total. The van der Waals surface area contributed by atoms with Gasteiger partial charge in [0.25, 0.3) is 0 Å². The number of alkyl halides is 17. The third-order valence-corrected chi connectivity index (χ3v) is 4.27. The van der Waals surface area contributed by atoms with Gasteiger partial charge in [-0.2, -0.15) is 43.9 Å². The Labute approximate surface area is 199 Å². The second kappa shape index (κ2) is 13.4. The zero-order valence-electron chi connectivity index (χ0n) is 19.5. The van der Waals surface area contributed by atoms with E-state index < -0.39 is 55.6 Å². The molecule has 37 heavy (non-hydrogen) atoms. The summed E-state index contributed by atoms with van der Waals surface area (Å²) in [6.45, 7) is 7.91. The Morgan fingerprint density at radius 2 is 1.00 bits per heavy atom. The van der Waals surface area contributed by atoms with E-state index in [1.807, 2.05) is 27.7 Å². The predicted molar refractivity (Wildman–Crippen MR) is 93.8 cm³/mol. The van der Waals surface area contributed by atoms with Crippen molar-refractivity contribution in [3.05, 3.63) is 0 Å². The highest BCUT2D eigenvalue weighted by Crippen LogP contribution is 2.58. The van der Waals surface area contributed by atoms with Crippen molar-refractivity contribution in [2.24, 2.45) is 5.41 Å². The van der Waals surface area contributed by atoms with Crippen LogP contribution in [0, 0.1) is 5.41 Å². The zero-order valence-corrected chi connectivity index (χ0v) is 19.5. The molecule has 0 bridgehead atoms. The minimum Gasteiger partial charge on any atom is -0.465 e. The van der Waals surface area contributed by atoms with Crippen LogP contribution in [0.1, 0.15) is 47.5 Å². The average Bonchev–Trinajstić information content (AvgIpc) is 2.70. The van der Waals surface area contributed by atoms with E-state index in [-0.39, 0.29) is 11.4 Å². The van der Waals surface area contributed by atoms with Gasteiger partial charge in [0.1, 0.15) is 0 Å². The Hall–Kier alpha value is -1.72. The van der Waals surface area contributed by atoms with Crippen molar-refractivity contribution < 1.29 is 84.2 Å². The third kappa shape index (κ3) is 10.2. The van der Waals surface area contributed by atoms with Gasteiger partial charge in [0.05, 0.1) is 12.0 Å². The molecular formula is C18H23F17O2. The molecule has 1 atom stereocenters. The summed E-state index contributed by atoms with van der Waals surface area (Å²) in [6.07, 6.45) is -13.5. The number of hydrogen-bond acceptors (Lipinski definition) is 2. The van der Waals surface area contributed by atoms with Crippen molar-refractivity contribution in [1.29, 1.82) is 0 Å². The fourth-order valence-corrected chi connectivity index (χ4v) is 1.54. The number of esters is 1. The van der Waals surface area contributed by atoms with Crippen LogP contribution in [0.2, 0.25) is 0 Å². The molecule has 0 spiro atoms. The summed E-state index contributed by atoms with van der Waals surface area (Å²) in [5.41, 5.74) is -0.310. The van der Waals surface area contributed by atoms with Crippen LogP contribution in [0.15, 0.2) is 0 Å². The molecule has 0 aliphatic heterocycles. The van der Waals surface area contributed by atoms with E-state index in [0.717, 1.165) is 12.8 Å². The molecule has 0 aliphatic carbocycles. The van der Waals surface area contributed by atoms with Gasteiger partial charge in [0.15, 0.2) is 6.17 Å². The summed E-state index contributed by atoms with van der Waals surface area (Å²) in [6, 6.07) is 0. The van der Waals surface area contributed by atoms with E-state index in [4.69, 9.17) is 4.74 Å². The lowest BCUT2D eigenvalue weighted by atomic mass is 9.91. The minimum atomic E-state index is -7.66. The Kier molecular flexibility index (Phi) is 14.4. The van der Waals surface area contributed by atoms with Crippen LogP contribution in [0.5, 0.6) is 0 Å². The normalized spacial score (nSPS) is 14.8. The fourth-order valence-electron chi connectivity index (χ4n) is 1.54. The van der Waals surface area contributed by atoms with Crippen LogP contribution in [0.3, 0.4) is 0 Å². The van der Waals surface area contributed by atoms with E-state index in [1.54, 1.807) is 0 Å². The summed E-state index contributed by atoms with van der Waals surface area (Å²) < 4.78 is 205. The molecule has 226 valence electrons. The van der Waals surface area contributed by atoms with Crippen molar-refractivity contribution >= 4 is 5.97 Å². The third-order valence-electron chi connectivity index (χ3n) is 4.27. The molecular weight excluding hydrogens is 571 g/mol. The van der Waals surface area contributed by atoms with Crippen molar-refractivity contribution in [3.63, 3.8) is 0 Å². The highest BCUT2D eigenvalue weighted by Gasteiger charge is 2.88. The van der Waals surface area contributed by atoms with Crippen molar-refractivity contribution in [1.82, 2.24) is 0 Å². The van der Waals surface area contributed by atoms with E-state index in [9.17, 15) is 79.4 Å². The Morgan fingerprint density at radius 1 is 0.676 bits per heavy atom. The van der Waals surface area contributed by atoms with Crippen LogP contribution < -0.4 is 0 Å². The molecule has 0 saturated carbocycles. The van der Waals surface area contributed by atoms with Crippen molar-refractivity contribution in [2.45, 2.75) is 96.1 Å². The van der Waals surface area contributed by atoms with Crippen LogP contribution in [0.4, 0.5) is 74.6 Å². The summed E-state index contributed by atoms with van der Waals surface area (Å²) in [4.78, 5) is 11.2. The van der Waals surface area contributed by atoms with Crippen LogP contribution in [0.25, 0.3) is 0 Å². The van der Waals surface area contributed by atoms with Gasteiger partial charge >= 0.3 is 48.4 Å². The van der Waals surface area contributed by atoms with Gasteiger partial charge < -0.3 is 4.74 Å². The Balaban J connectivity index is -0.000000598. The lowest BCUT2D eigenvalue weighted by Crippen LogP contribution is -2.69. The molecule has 0 fully saturated rings. The summed E-state index contributed by atoms with van der Waals surface area (Å²) in [5.74, 6) is -36.3. The maximum Gasteiger partial charge on any atom is 0.559 e. The minimum absolute atomic E-state index is 0.0816. The molecule has 0 aromatic rings. The van der Waals surface area contributed by atoms with Gasteiger partial charge in [0, 0.05) is 0 Å². The molecule has 0 saturated heterocycles. The van der Waals surface area contributed by atoms with Gasteiger partial charge in [-0.3, -0.25) is 4.79 Å². The molecule has 0 aromatic heterocycles. The molecule has 2 nitrogen and oxygen atoms in total. The monoisotopic (exact) mass is 594 g/mol. The van der Waals surface area contributed by atoms with Crippen LogP contribution in [-0.4, -0.2) is 61.2 Å². The van der Waals surface area contributed by atoms with Gasteiger partial charge in [-0.1, -0.05) is 13.8 Å². The molecule has 19 heteroatoms. The predicted octanol–water partition coefficient (Wildman–Crippen LogP) is 8.64. The molecule has 0 rings (SSSR count). The summed E-state index contributed by atoms with van der Waals surface area (Å²) in [7, 11) is 0. The van der Waals surface area contributed by atoms with Crippen LogP contribution >= 0.6 is 0 Å². The van der Waals surface area contributed by atoms with Gasteiger partial charge in [0.2, 0.25) is 0 Å². The van der Waals surface area contributed by atoms with Gasteiger partial charge in [-0.15, -0.1) is 17.6 Å². The smallest absolute Gasteiger partial charge is 0.465 e. The van der Waals surface area contributed by atoms with E-state index in [2.05, 4.69) is 0 Å². The lowest BCUT2D eigenvalue weighted by Gasteiger charge is -2.39. The molecule has 1 unspecified atom stereocenters. The van der Waals surface area contributed by atoms with E-state index >= 15 is 0 Å². The molecule has 0 aliphatic rings. The van der Waals surface area contributed by atoms with Crippen molar-refractivity contribution in [2.75, 3.05) is 6.61 Å². The SMILES string of the molecule is CC(F)C(F)(F)C(F)(F)C(F)(F)C(F)(F)C(F)(F)C(F)F.CCCOC(=O)C(C)(C)CC.FC(F)(F)F. The maximum atomic E-state index is 12.7. The second-order valence-corrected chi connectivity index (χ2v) is 7.69. The first-order valence-electron chi connectivity index (χ1n) is 9.67. The fraction of sp³-hybridized carbons (Fsp3) is 0.944. The quantitative estimate of drug-likeness (QED) is 0.187. The standard InChI is InChI=1S/C9H18O2.C8H5F13.CF4/c1-5-7-11-8(10)9(3,4)6-2;1-2(9)4(12,13)6(16,17)8(20,21)7(18,19)5(14,15)3(10)11;2-1(3,4)5/h5-7H2,1-4H3;2-3H,1H3;. The van der Waals surface area contributed by atoms with E-state index in [0.29, 0.717) is 6.61 Å². The van der Waals surface area contributed by atoms with Crippen LogP contribution in [-0.2, 0) is 9.53 Å². The molecule has 0 amide bonds. The first-order valence-corrected chi connectivity index (χ1v) is 9.67. The molecule has 0 heterocycles. The Bertz CT molecular complexity index is 644. The maximum absolute atomic E-state index is 12.7. The molecule has 0 radical (unpaired) electrons. The highest BCUT2D eigenvalue weighted by atomic mass is 19.5. The largest absolute Gasteiger partial charge is 0.559 e. The molecule has 0 aromatic carbocycles. The topological polar surface area (TPSA) is 26.3 Å². The highest BCUT2D eigenvalue weighted by molar-refractivity contribution is 5.75.